The van der Waals surface area contributed by atoms with Gasteiger partial charge in [0.05, 0.1) is 5.41 Å². The lowest BCUT2D eigenvalue weighted by Crippen LogP contribution is -2.37. The fourth-order valence-corrected chi connectivity index (χ4v) is 3.78. The number of carbonyl (C=O) groups is 1. The van der Waals surface area contributed by atoms with Gasteiger partial charge < -0.3 is 0 Å². The van der Waals surface area contributed by atoms with Gasteiger partial charge in [-0.25, -0.2) is 0 Å². The lowest BCUT2D eigenvalue weighted by atomic mass is 9.67. The van der Waals surface area contributed by atoms with E-state index in [0.717, 1.165) is 30.4 Å². The topological polar surface area (TPSA) is 17.1 Å². The molecule has 0 heterocycles. The van der Waals surface area contributed by atoms with Crippen LogP contribution in [0.1, 0.15) is 56.1 Å². The Labute approximate surface area is 133 Å². The molecule has 0 aromatic heterocycles. The number of carbonyl (C=O) groups excluding carboxylic acids is 1. The van der Waals surface area contributed by atoms with Crippen molar-refractivity contribution in [3.05, 3.63) is 71.8 Å². The maximum Gasteiger partial charge on any atom is 0.147 e. The van der Waals surface area contributed by atoms with Gasteiger partial charge in [-0.2, -0.15) is 0 Å². The normalized spacial score (nSPS) is 19.0. The average molecular weight is 292 g/mol. The van der Waals surface area contributed by atoms with Crippen molar-refractivity contribution < 1.29 is 4.79 Å². The Morgan fingerprint density at radius 1 is 0.636 bits per heavy atom. The van der Waals surface area contributed by atoms with Gasteiger partial charge in [-0.05, 0) is 24.0 Å². The minimum Gasteiger partial charge on any atom is -0.298 e. The summed E-state index contributed by atoms with van der Waals surface area (Å²) in [4.78, 5) is 13.2. The number of ketones is 1. The van der Waals surface area contributed by atoms with Crippen LogP contribution in [0.3, 0.4) is 0 Å². The molecule has 114 valence electrons. The van der Waals surface area contributed by atoms with Gasteiger partial charge in [-0.15, -0.1) is 0 Å². The van der Waals surface area contributed by atoms with Gasteiger partial charge in [-0.1, -0.05) is 86.3 Å². The van der Waals surface area contributed by atoms with Gasteiger partial charge in [0.2, 0.25) is 0 Å². The van der Waals surface area contributed by atoms with Gasteiger partial charge in [0.25, 0.3) is 0 Å². The summed E-state index contributed by atoms with van der Waals surface area (Å²) in [6.07, 6.45) is 7.45. The lowest BCUT2D eigenvalue weighted by Gasteiger charge is -2.33. The molecule has 1 saturated carbocycles. The number of benzene rings is 2. The van der Waals surface area contributed by atoms with Crippen LogP contribution in [-0.2, 0) is 10.2 Å². The number of hydrogen-bond donors (Lipinski definition) is 0. The Morgan fingerprint density at radius 3 is 1.73 bits per heavy atom. The molecule has 0 N–H and O–H groups in total. The van der Waals surface area contributed by atoms with Crippen LogP contribution in [-0.4, -0.2) is 5.78 Å². The highest BCUT2D eigenvalue weighted by Gasteiger charge is 2.40. The van der Waals surface area contributed by atoms with Crippen molar-refractivity contribution in [1.29, 1.82) is 0 Å². The molecule has 0 spiro atoms. The van der Waals surface area contributed by atoms with E-state index >= 15 is 0 Å². The van der Waals surface area contributed by atoms with Crippen molar-refractivity contribution in [3.8, 4) is 0 Å². The van der Waals surface area contributed by atoms with Crippen molar-refractivity contribution in [2.24, 2.45) is 0 Å². The van der Waals surface area contributed by atoms with Crippen molar-refractivity contribution in [2.75, 3.05) is 0 Å². The number of rotatable bonds is 2. The third-order valence-electron chi connectivity index (χ3n) is 4.96. The maximum absolute atomic E-state index is 13.2. The van der Waals surface area contributed by atoms with Crippen LogP contribution in [0.25, 0.3) is 0 Å². The molecule has 1 aliphatic carbocycles. The molecular formula is C21H24O. The van der Waals surface area contributed by atoms with Crippen LogP contribution >= 0.6 is 0 Å². The first-order valence-corrected chi connectivity index (χ1v) is 8.48. The highest BCUT2D eigenvalue weighted by Crippen LogP contribution is 2.40. The van der Waals surface area contributed by atoms with Crippen molar-refractivity contribution >= 4 is 5.78 Å². The van der Waals surface area contributed by atoms with Gasteiger partial charge in [0.15, 0.2) is 0 Å². The summed E-state index contributed by atoms with van der Waals surface area (Å²) in [6, 6.07) is 20.8. The quantitative estimate of drug-likeness (QED) is 0.735. The highest BCUT2D eigenvalue weighted by molar-refractivity contribution is 5.93. The highest BCUT2D eigenvalue weighted by atomic mass is 16.1. The van der Waals surface area contributed by atoms with Crippen LogP contribution < -0.4 is 0 Å². The molecule has 1 fully saturated rings. The SMILES string of the molecule is O=C1CCCCCCCC1(c1ccccc1)c1ccccc1. The zero-order valence-corrected chi connectivity index (χ0v) is 13.1. The van der Waals surface area contributed by atoms with Crippen molar-refractivity contribution in [2.45, 2.75) is 50.4 Å². The molecule has 3 rings (SSSR count). The molecule has 1 nitrogen and oxygen atoms in total. The van der Waals surface area contributed by atoms with E-state index in [9.17, 15) is 4.79 Å². The van der Waals surface area contributed by atoms with Gasteiger partial charge in [0, 0.05) is 6.42 Å². The molecule has 0 radical (unpaired) electrons. The zero-order valence-electron chi connectivity index (χ0n) is 13.1. The van der Waals surface area contributed by atoms with Crippen LogP contribution in [0.4, 0.5) is 0 Å². The van der Waals surface area contributed by atoms with Crippen LogP contribution in [0.5, 0.6) is 0 Å². The second kappa shape index (κ2) is 6.91. The summed E-state index contributed by atoms with van der Waals surface area (Å²) in [5.74, 6) is 0.395. The summed E-state index contributed by atoms with van der Waals surface area (Å²) in [7, 11) is 0. The van der Waals surface area contributed by atoms with E-state index in [-0.39, 0.29) is 0 Å². The van der Waals surface area contributed by atoms with Gasteiger partial charge >= 0.3 is 0 Å². The Hall–Kier alpha value is -1.89. The second-order valence-electron chi connectivity index (χ2n) is 6.33. The third-order valence-corrected chi connectivity index (χ3v) is 4.96. The molecular weight excluding hydrogens is 268 g/mol. The minimum atomic E-state index is -0.452. The Morgan fingerprint density at radius 2 is 1.14 bits per heavy atom. The van der Waals surface area contributed by atoms with E-state index in [4.69, 9.17) is 0 Å². The van der Waals surface area contributed by atoms with Crippen LogP contribution in [0, 0.1) is 0 Å². The summed E-state index contributed by atoms with van der Waals surface area (Å²) in [5.41, 5.74) is 1.87. The van der Waals surface area contributed by atoms with Crippen molar-refractivity contribution in [1.82, 2.24) is 0 Å². The summed E-state index contributed by atoms with van der Waals surface area (Å²) < 4.78 is 0. The summed E-state index contributed by atoms with van der Waals surface area (Å²) >= 11 is 0. The van der Waals surface area contributed by atoms with E-state index in [1.54, 1.807) is 0 Å². The molecule has 2 aromatic carbocycles. The first-order chi connectivity index (χ1) is 10.8. The molecule has 0 unspecified atom stereocenters. The molecule has 0 amide bonds. The van der Waals surface area contributed by atoms with E-state index in [2.05, 4.69) is 48.5 Å². The Balaban J connectivity index is 2.14. The van der Waals surface area contributed by atoms with E-state index in [0.29, 0.717) is 12.2 Å². The van der Waals surface area contributed by atoms with Crippen LogP contribution in [0.2, 0.25) is 0 Å². The Kier molecular flexibility index (Phi) is 4.72. The number of Topliss-reactive ketones (excluding diaryl/α,β-unsaturated/α-hetero) is 1. The Bertz CT molecular complexity index is 561. The molecule has 0 bridgehead atoms. The van der Waals surface area contributed by atoms with E-state index < -0.39 is 5.41 Å². The molecule has 0 saturated heterocycles. The van der Waals surface area contributed by atoms with E-state index in [1.807, 2.05) is 12.1 Å². The summed E-state index contributed by atoms with van der Waals surface area (Å²) in [5, 5.41) is 0. The first kappa shape index (κ1) is 15.0. The van der Waals surface area contributed by atoms with Crippen LogP contribution in [0.15, 0.2) is 60.7 Å². The smallest absolute Gasteiger partial charge is 0.147 e. The maximum atomic E-state index is 13.2. The van der Waals surface area contributed by atoms with Gasteiger partial charge in [-0.3, -0.25) is 4.79 Å². The fraction of sp³-hybridized carbons (Fsp3) is 0.381. The first-order valence-electron chi connectivity index (χ1n) is 8.48. The van der Waals surface area contributed by atoms with Gasteiger partial charge in [0.1, 0.15) is 5.78 Å². The predicted octanol–water partition coefficient (Wildman–Crippen LogP) is 5.29. The second-order valence-corrected chi connectivity index (χ2v) is 6.33. The molecule has 22 heavy (non-hydrogen) atoms. The molecule has 0 atom stereocenters. The average Bonchev–Trinajstić information content (AvgIpc) is 2.68. The largest absolute Gasteiger partial charge is 0.298 e. The summed E-state index contributed by atoms with van der Waals surface area (Å²) in [6.45, 7) is 0. The minimum absolute atomic E-state index is 0.395. The van der Waals surface area contributed by atoms with E-state index in [1.165, 1.54) is 19.3 Å². The van der Waals surface area contributed by atoms with Crippen molar-refractivity contribution in [3.63, 3.8) is 0 Å². The standard InChI is InChI=1S/C21H24O/c22-20-16-10-2-1-3-11-17-21(20,18-12-6-4-7-13-18)19-14-8-5-9-15-19/h4-9,12-15H,1-3,10-11,16-17H2. The molecule has 1 aliphatic rings. The third kappa shape index (κ3) is 2.85. The molecule has 1 heteroatoms. The zero-order chi connectivity index (χ0) is 15.3. The number of hydrogen-bond acceptors (Lipinski definition) is 1. The molecule has 0 aliphatic heterocycles. The monoisotopic (exact) mass is 292 g/mol. The lowest BCUT2D eigenvalue weighted by molar-refractivity contribution is -0.123. The fourth-order valence-electron chi connectivity index (χ4n) is 3.78. The molecule has 2 aromatic rings. The predicted molar refractivity (Wildman–Crippen MR) is 91.0 cm³/mol.